The molecule has 110 valence electrons. The zero-order valence-electron chi connectivity index (χ0n) is 11.4. The number of piperidine rings is 1. The normalized spacial score (nSPS) is 28.1. The second-order valence-electron chi connectivity index (χ2n) is 6.06. The molecule has 2 fully saturated rings. The molecule has 0 amide bonds. The first-order chi connectivity index (χ1) is 9.54. The van der Waals surface area contributed by atoms with E-state index >= 15 is 0 Å². The van der Waals surface area contributed by atoms with Crippen molar-refractivity contribution in [3.8, 4) is 0 Å². The topological polar surface area (TPSA) is 12.0 Å². The van der Waals surface area contributed by atoms with Crippen LogP contribution in [0.15, 0.2) is 24.3 Å². The van der Waals surface area contributed by atoms with Gasteiger partial charge in [0.25, 0.3) is 0 Å². The molecular formula is C16H20F3N. The Morgan fingerprint density at radius 2 is 1.60 bits per heavy atom. The van der Waals surface area contributed by atoms with Crippen LogP contribution in [0.5, 0.6) is 0 Å². The van der Waals surface area contributed by atoms with Gasteiger partial charge in [0.2, 0.25) is 0 Å². The summed E-state index contributed by atoms with van der Waals surface area (Å²) >= 11 is 0. The fourth-order valence-electron chi connectivity index (χ4n) is 3.21. The second kappa shape index (κ2) is 5.40. The molecule has 1 aliphatic heterocycles. The molecule has 1 nitrogen and oxygen atoms in total. The fraction of sp³-hybridized carbons (Fsp3) is 0.625. The summed E-state index contributed by atoms with van der Waals surface area (Å²) in [5.41, 5.74) is 2.32. The van der Waals surface area contributed by atoms with Gasteiger partial charge in [0.15, 0.2) is 0 Å². The van der Waals surface area contributed by atoms with Gasteiger partial charge < -0.3 is 5.32 Å². The number of halogens is 3. The van der Waals surface area contributed by atoms with E-state index in [-0.39, 0.29) is 18.9 Å². The van der Waals surface area contributed by atoms with E-state index in [9.17, 15) is 13.2 Å². The van der Waals surface area contributed by atoms with Gasteiger partial charge in [-0.05, 0) is 49.3 Å². The van der Waals surface area contributed by atoms with E-state index in [0.29, 0.717) is 12.5 Å². The minimum absolute atomic E-state index is 0.159. The van der Waals surface area contributed by atoms with Crippen LogP contribution in [0.1, 0.15) is 55.2 Å². The lowest BCUT2D eigenvalue weighted by atomic mass is 9.79. The molecule has 0 aromatic heterocycles. The van der Waals surface area contributed by atoms with Crippen molar-refractivity contribution < 1.29 is 13.2 Å². The molecule has 3 rings (SSSR count). The highest BCUT2D eigenvalue weighted by Gasteiger charge is 2.42. The Morgan fingerprint density at radius 3 is 2.15 bits per heavy atom. The minimum Gasteiger partial charge on any atom is -0.310 e. The maximum atomic E-state index is 12.8. The number of nitrogens with one attached hydrogen (secondary N) is 1. The molecule has 1 saturated heterocycles. The molecule has 1 heterocycles. The molecule has 2 aliphatic rings. The van der Waals surface area contributed by atoms with Crippen LogP contribution in [0.25, 0.3) is 0 Å². The van der Waals surface area contributed by atoms with Crippen molar-refractivity contribution in [1.82, 2.24) is 5.32 Å². The number of benzene rings is 1. The average molecular weight is 283 g/mol. The number of rotatable bonds is 2. The molecule has 1 N–H and O–H groups in total. The number of hydrogen-bond acceptors (Lipinski definition) is 1. The van der Waals surface area contributed by atoms with E-state index in [1.165, 1.54) is 24.8 Å². The molecule has 1 aromatic rings. The van der Waals surface area contributed by atoms with E-state index in [0.717, 1.165) is 5.56 Å². The van der Waals surface area contributed by atoms with Crippen LogP contribution in [0, 0.1) is 5.92 Å². The fourth-order valence-corrected chi connectivity index (χ4v) is 3.21. The summed E-state index contributed by atoms with van der Waals surface area (Å²) in [5, 5.41) is 3.21. The molecule has 1 saturated carbocycles. The maximum Gasteiger partial charge on any atom is 0.391 e. The second-order valence-corrected chi connectivity index (χ2v) is 6.06. The Kier molecular flexibility index (Phi) is 3.76. The molecular weight excluding hydrogens is 263 g/mol. The Balaban J connectivity index is 1.68. The van der Waals surface area contributed by atoms with Gasteiger partial charge in [-0.25, -0.2) is 0 Å². The van der Waals surface area contributed by atoms with E-state index < -0.39 is 12.1 Å². The van der Waals surface area contributed by atoms with Crippen molar-refractivity contribution in [2.45, 2.75) is 50.2 Å². The summed E-state index contributed by atoms with van der Waals surface area (Å²) in [6.45, 7) is 0.444. The van der Waals surface area contributed by atoms with E-state index in [4.69, 9.17) is 0 Å². The molecule has 1 aliphatic carbocycles. The van der Waals surface area contributed by atoms with Crippen molar-refractivity contribution in [3.05, 3.63) is 35.4 Å². The van der Waals surface area contributed by atoms with E-state index in [1.54, 1.807) is 0 Å². The number of hydrogen-bond donors (Lipinski definition) is 1. The third kappa shape index (κ3) is 2.85. The van der Waals surface area contributed by atoms with Crippen LogP contribution in [-0.2, 0) is 0 Å². The highest BCUT2D eigenvalue weighted by Crippen LogP contribution is 2.39. The van der Waals surface area contributed by atoms with Gasteiger partial charge in [-0.15, -0.1) is 0 Å². The Morgan fingerprint density at radius 1 is 0.950 bits per heavy atom. The predicted molar refractivity (Wildman–Crippen MR) is 72.6 cm³/mol. The monoisotopic (exact) mass is 283 g/mol. The zero-order valence-corrected chi connectivity index (χ0v) is 11.4. The van der Waals surface area contributed by atoms with Crippen LogP contribution >= 0.6 is 0 Å². The third-order valence-corrected chi connectivity index (χ3v) is 4.78. The Hall–Kier alpha value is -1.03. The largest absolute Gasteiger partial charge is 0.391 e. The third-order valence-electron chi connectivity index (χ3n) is 4.78. The van der Waals surface area contributed by atoms with Gasteiger partial charge in [-0.2, -0.15) is 13.2 Å². The SMILES string of the molecule is FC(F)(F)C1CCNC(c2ccc(C3CCC3)cc2)C1. The van der Waals surface area contributed by atoms with Gasteiger partial charge >= 0.3 is 6.18 Å². The summed E-state index contributed by atoms with van der Waals surface area (Å²) in [7, 11) is 0. The van der Waals surface area contributed by atoms with Gasteiger partial charge in [0.1, 0.15) is 0 Å². The highest BCUT2D eigenvalue weighted by molar-refractivity contribution is 5.28. The smallest absolute Gasteiger partial charge is 0.310 e. The van der Waals surface area contributed by atoms with Crippen LogP contribution in [-0.4, -0.2) is 12.7 Å². The van der Waals surface area contributed by atoms with Gasteiger partial charge in [-0.3, -0.25) is 0 Å². The summed E-state index contributed by atoms with van der Waals surface area (Å²) in [5.74, 6) is -0.494. The van der Waals surface area contributed by atoms with E-state index in [1.807, 2.05) is 12.1 Å². The molecule has 1 aromatic carbocycles. The van der Waals surface area contributed by atoms with Crippen LogP contribution in [0.4, 0.5) is 13.2 Å². The molecule has 0 bridgehead atoms. The zero-order chi connectivity index (χ0) is 14.2. The molecule has 0 spiro atoms. The lowest BCUT2D eigenvalue weighted by Gasteiger charge is -2.32. The first kappa shape index (κ1) is 13.9. The van der Waals surface area contributed by atoms with Crippen molar-refractivity contribution in [3.63, 3.8) is 0 Å². The summed E-state index contributed by atoms with van der Waals surface area (Å²) in [6.07, 6.45) is 0.0802. The molecule has 2 unspecified atom stereocenters. The molecule has 20 heavy (non-hydrogen) atoms. The average Bonchev–Trinajstić information content (AvgIpc) is 2.37. The predicted octanol–water partition coefficient (Wildman–Crippen LogP) is 4.56. The Labute approximate surface area is 117 Å². The van der Waals surface area contributed by atoms with Crippen molar-refractivity contribution >= 4 is 0 Å². The van der Waals surface area contributed by atoms with Gasteiger partial charge in [0, 0.05) is 6.04 Å². The summed E-state index contributed by atoms with van der Waals surface area (Å²) < 4.78 is 38.5. The number of alkyl halides is 3. The first-order valence-corrected chi connectivity index (χ1v) is 7.44. The van der Waals surface area contributed by atoms with Crippen molar-refractivity contribution in [2.24, 2.45) is 5.92 Å². The molecule has 0 radical (unpaired) electrons. The Bertz CT molecular complexity index is 448. The van der Waals surface area contributed by atoms with Crippen LogP contribution in [0.3, 0.4) is 0 Å². The van der Waals surface area contributed by atoms with E-state index in [2.05, 4.69) is 17.4 Å². The van der Waals surface area contributed by atoms with Crippen molar-refractivity contribution in [1.29, 1.82) is 0 Å². The summed E-state index contributed by atoms with van der Waals surface area (Å²) in [4.78, 5) is 0. The van der Waals surface area contributed by atoms with Crippen LogP contribution in [0.2, 0.25) is 0 Å². The van der Waals surface area contributed by atoms with Crippen LogP contribution < -0.4 is 5.32 Å². The highest BCUT2D eigenvalue weighted by atomic mass is 19.4. The minimum atomic E-state index is -4.06. The molecule has 2 atom stereocenters. The summed E-state index contributed by atoms with van der Waals surface area (Å²) in [6, 6.07) is 8.04. The van der Waals surface area contributed by atoms with Gasteiger partial charge in [0.05, 0.1) is 5.92 Å². The quantitative estimate of drug-likeness (QED) is 0.839. The lowest BCUT2D eigenvalue weighted by molar-refractivity contribution is -0.183. The molecule has 4 heteroatoms. The maximum absolute atomic E-state index is 12.8. The van der Waals surface area contributed by atoms with Gasteiger partial charge in [-0.1, -0.05) is 30.7 Å². The van der Waals surface area contributed by atoms with Crippen molar-refractivity contribution in [2.75, 3.05) is 6.54 Å². The lowest BCUT2D eigenvalue weighted by Crippen LogP contribution is -2.38. The standard InChI is InChI=1S/C16H20F3N/c17-16(18,19)14-8-9-20-15(10-14)13-6-4-12(5-7-13)11-2-1-3-11/h4-7,11,14-15,20H,1-3,8-10H2. The first-order valence-electron chi connectivity index (χ1n) is 7.44.